The number of hydrogen-bond donors (Lipinski definition) is 18. The third-order valence-corrected chi connectivity index (χ3v) is 14.8. The van der Waals surface area contributed by atoms with Crippen LogP contribution in [0.5, 0.6) is 0 Å². The molecule has 0 aromatic rings. The topological polar surface area (TPSA) is 498 Å². The Hall–Kier alpha value is -6.51. The number of likely N-dealkylation sites (tertiary alicyclic amines) is 1. The van der Waals surface area contributed by atoms with Gasteiger partial charge in [-0.2, -0.15) is 0 Å². The van der Waals surface area contributed by atoms with Gasteiger partial charge in [0.05, 0.1) is 51.1 Å². The smallest absolute Gasteiger partial charge is 0.312 e. The molecule has 0 aromatic heterocycles. The molecular formula is C60H115ClN17O18+. The first-order valence-electron chi connectivity index (χ1n) is 33.0. The van der Waals surface area contributed by atoms with E-state index in [0.29, 0.717) is 135 Å². The molecule has 1 rings (SSSR count). The molecule has 0 saturated carbocycles. The number of aliphatic hydroxyl groups is 5. The predicted molar refractivity (Wildman–Crippen MR) is 356 cm³/mol. The number of halogens is 1. The summed E-state index contributed by atoms with van der Waals surface area (Å²) in [6.07, 6.45) is 0.199. The number of hydrogen-bond acceptors (Lipinski definition) is 22. The molecule has 554 valence electrons. The lowest BCUT2D eigenvalue weighted by atomic mass is 10.1. The van der Waals surface area contributed by atoms with Crippen molar-refractivity contribution in [3.63, 3.8) is 0 Å². The van der Waals surface area contributed by atoms with Gasteiger partial charge in [-0.25, -0.2) is 0 Å². The number of amides is 11. The molecule has 35 nitrogen and oxygen atoms in total. The first kappa shape index (κ1) is 89.5. The van der Waals surface area contributed by atoms with E-state index in [1.165, 1.54) is 0 Å². The molecule has 3 atom stereocenters. The first-order chi connectivity index (χ1) is 45.6. The fourth-order valence-corrected chi connectivity index (χ4v) is 9.68. The summed E-state index contributed by atoms with van der Waals surface area (Å²) >= 11 is 5.61. The van der Waals surface area contributed by atoms with Gasteiger partial charge < -0.3 is 109 Å². The van der Waals surface area contributed by atoms with E-state index in [4.69, 9.17) is 27.5 Å². The van der Waals surface area contributed by atoms with E-state index in [-0.39, 0.29) is 95.7 Å². The summed E-state index contributed by atoms with van der Waals surface area (Å²) in [4.78, 5) is 150. The number of nitrogens with two attached hydrogens (primary N) is 1. The summed E-state index contributed by atoms with van der Waals surface area (Å²) in [5, 5.41) is 86.9. The van der Waals surface area contributed by atoms with Gasteiger partial charge in [0.1, 0.15) is 51.6 Å². The quantitative estimate of drug-likeness (QED) is 0.0116. The van der Waals surface area contributed by atoms with E-state index in [2.05, 4.69) is 58.5 Å². The Morgan fingerprint density at radius 1 is 0.438 bits per heavy atom. The van der Waals surface area contributed by atoms with E-state index in [0.717, 1.165) is 25.7 Å². The van der Waals surface area contributed by atoms with Gasteiger partial charge in [-0.15, -0.1) is 11.6 Å². The van der Waals surface area contributed by atoms with Crippen LogP contribution in [0, 0.1) is 0 Å². The van der Waals surface area contributed by atoms with Gasteiger partial charge in [0.2, 0.25) is 65.0 Å². The Bertz CT molecular complexity index is 2300. The minimum atomic E-state index is -1.20. The molecular weight excluding hydrogens is 1280 g/mol. The third-order valence-electron chi connectivity index (χ3n) is 14.4. The van der Waals surface area contributed by atoms with Gasteiger partial charge in [0.25, 0.3) is 0 Å². The molecule has 1 aliphatic rings. The van der Waals surface area contributed by atoms with Crippen molar-refractivity contribution in [2.24, 2.45) is 5.73 Å². The largest absolute Gasteiger partial charge is 0.481 e. The van der Waals surface area contributed by atoms with Crippen LogP contribution in [0.4, 0.5) is 0 Å². The number of aliphatic hydroxyl groups excluding tert-OH is 5. The molecule has 0 aromatic carbocycles. The number of aliphatic carboxylic acids is 1. The van der Waals surface area contributed by atoms with Gasteiger partial charge >= 0.3 is 5.97 Å². The molecule has 19 N–H and O–H groups in total. The fourth-order valence-electron chi connectivity index (χ4n) is 9.58. The number of alkyl halides is 1. The lowest BCUT2D eigenvalue weighted by Crippen LogP contribution is -2.69. The Labute approximate surface area is 569 Å². The summed E-state index contributed by atoms with van der Waals surface area (Å²) in [5.41, 5.74) is 5.41. The van der Waals surface area contributed by atoms with E-state index in [9.17, 15) is 78.0 Å². The summed E-state index contributed by atoms with van der Waals surface area (Å²) in [7, 11) is 5.42. The van der Waals surface area contributed by atoms with E-state index >= 15 is 0 Å². The highest BCUT2D eigenvalue weighted by atomic mass is 35.5. The molecule has 1 fully saturated rings. The number of carbonyl (C=O) groups excluding carboxylic acids is 11. The average molecular weight is 1400 g/mol. The van der Waals surface area contributed by atoms with Crippen molar-refractivity contribution in [3.8, 4) is 0 Å². The average Bonchev–Trinajstić information content (AvgIpc) is 0.806. The number of rotatable bonds is 56. The van der Waals surface area contributed by atoms with Crippen LogP contribution in [-0.4, -0.2) is 347 Å². The minimum Gasteiger partial charge on any atom is -0.481 e. The van der Waals surface area contributed by atoms with Gasteiger partial charge in [-0.3, -0.25) is 67.3 Å². The van der Waals surface area contributed by atoms with Crippen molar-refractivity contribution < 1.29 is 92.7 Å². The zero-order chi connectivity index (χ0) is 72.1. The fraction of sp³-hybridized carbons (Fsp3) is 0.800. The van der Waals surface area contributed by atoms with Crippen molar-refractivity contribution >= 4 is 82.5 Å². The molecule has 1 heterocycles. The number of carboxylic acids is 1. The van der Waals surface area contributed by atoms with Crippen LogP contribution in [-0.2, 0) is 57.5 Å². The van der Waals surface area contributed by atoms with Crippen LogP contribution in [0.25, 0.3) is 0 Å². The number of quaternary nitrogens is 1. The van der Waals surface area contributed by atoms with Crippen LogP contribution in [0.15, 0.2) is 0 Å². The molecule has 3 unspecified atom stereocenters. The van der Waals surface area contributed by atoms with Crippen LogP contribution in [0.3, 0.4) is 0 Å². The SMILES string of the molecule is CCCNC(=O)CC(=O)NCCN(CCNC(=O)CC(=O)NCCCCCN)CC(O)CO.CN(C)CC(O)CN(CCNC(=O)CC(=O)NCCN(C)CC(O)CCl)CCNC(=O)CC(=O)NCC[N+]1(CCNC(=O)CC(=O)NCCCCCNC(=O)CC(=O)O)CC(O)C1. The second-order valence-electron chi connectivity index (χ2n) is 23.9. The summed E-state index contributed by atoms with van der Waals surface area (Å²) in [5.74, 6) is -5.98. The van der Waals surface area contributed by atoms with Crippen molar-refractivity contribution in [2.75, 3.05) is 197 Å². The molecule has 96 heavy (non-hydrogen) atoms. The Morgan fingerprint density at radius 2 is 0.760 bits per heavy atom. The molecule has 0 radical (unpaired) electrons. The molecule has 1 aliphatic heterocycles. The maximum absolute atomic E-state index is 12.6. The minimum absolute atomic E-state index is 0.104. The van der Waals surface area contributed by atoms with Gasteiger partial charge in [0, 0.05) is 124 Å². The lowest BCUT2D eigenvalue weighted by Gasteiger charge is -2.48. The second kappa shape index (κ2) is 55.5. The lowest BCUT2D eigenvalue weighted by molar-refractivity contribution is -0.970. The van der Waals surface area contributed by atoms with Crippen molar-refractivity contribution in [3.05, 3.63) is 0 Å². The number of unbranched alkanes of at least 4 members (excludes halogenated alkanes) is 4. The van der Waals surface area contributed by atoms with Crippen molar-refractivity contribution in [1.82, 2.24) is 78.1 Å². The van der Waals surface area contributed by atoms with Crippen LogP contribution >= 0.6 is 11.6 Å². The number of likely N-dealkylation sites (N-methyl/N-ethyl adjacent to an activating group) is 2. The highest BCUT2D eigenvalue weighted by molar-refractivity contribution is 6.18. The van der Waals surface area contributed by atoms with E-state index in [1.807, 2.05) is 35.7 Å². The Morgan fingerprint density at radius 3 is 1.08 bits per heavy atom. The van der Waals surface area contributed by atoms with Crippen LogP contribution in [0.1, 0.15) is 90.4 Å². The first-order valence-corrected chi connectivity index (χ1v) is 33.5. The zero-order valence-electron chi connectivity index (χ0n) is 56.9. The summed E-state index contributed by atoms with van der Waals surface area (Å²) in [6, 6.07) is 0. The van der Waals surface area contributed by atoms with Crippen LogP contribution < -0.4 is 64.2 Å². The summed E-state index contributed by atoms with van der Waals surface area (Å²) in [6.45, 7) is 10.1. The van der Waals surface area contributed by atoms with Crippen LogP contribution in [0.2, 0.25) is 0 Å². The maximum Gasteiger partial charge on any atom is 0.312 e. The normalized spacial score (nSPS) is 15.0. The molecule has 36 heteroatoms. The molecule has 0 aliphatic carbocycles. The predicted octanol–water partition coefficient (Wildman–Crippen LogP) is -8.01. The highest BCUT2D eigenvalue weighted by Crippen LogP contribution is 2.19. The zero-order valence-corrected chi connectivity index (χ0v) is 57.6. The third kappa shape index (κ3) is 51.7. The Balaban J connectivity index is 0.00000230. The number of nitrogens with one attached hydrogen (secondary N) is 11. The number of carboxylic acid groups (broad SMARTS) is 1. The molecule has 0 spiro atoms. The van der Waals surface area contributed by atoms with E-state index in [1.54, 1.807) is 11.9 Å². The summed E-state index contributed by atoms with van der Waals surface area (Å²) < 4.78 is 0.431. The number of carbonyl (C=O) groups is 12. The molecule has 0 bridgehead atoms. The molecule has 1 saturated heterocycles. The van der Waals surface area contributed by atoms with Crippen molar-refractivity contribution in [1.29, 1.82) is 0 Å². The van der Waals surface area contributed by atoms with Crippen molar-refractivity contribution in [2.45, 2.75) is 115 Å². The second-order valence-corrected chi connectivity index (χ2v) is 24.3. The van der Waals surface area contributed by atoms with Gasteiger partial charge in [-0.05, 0) is 66.2 Å². The van der Waals surface area contributed by atoms with Gasteiger partial charge in [0.15, 0.2) is 6.10 Å². The standard InChI is InChI=1S/C39H72ClN11O12.C21H42N6O6/c1-48(2)24-30(53)26-50(15-10-44-34(57)20-33(56)43-9-14-49(3)25-29(52)23-40)16-11-45-35(58)21-37(60)47-13-18-51(27-31(54)28-51)17-12-46-36(59)19-32(55)41-7-5-4-6-8-42-38(61)22-39(62)63;1-2-7-23-18(30)13-20(32)25-9-11-27(15-17(29)16-28)12-10-26-21(33)14-19(31)24-8-5-3-4-6-22/h29-31,52-54H,4-28H2,1-3H3,(H7-,41,42,43,44,45,46,47,55,56,57,58,59,60,61,62,63);17,28-29H,2-16,22H2,1H3,(H,23,30)(H,24,31)(H,25,32)(H,26,33)/p+1. The maximum atomic E-state index is 12.6. The highest BCUT2D eigenvalue weighted by Gasteiger charge is 2.42. The molecule has 11 amide bonds. The number of nitrogens with zero attached hydrogens (tertiary/aromatic N) is 5. The Kier molecular flexibility index (Phi) is 51.7. The van der Waals surface area contributed by atoms with Gasteiger partial charge in [-0.1, -0.05) is 13.3 Å². The monoisotopic (exact) mass is 1400 g/mol. The van der Waals surface area contributed by atoms with E-state index < -0.39 is 103 Å².